The van der Waals surface area contributed by atoms with Gasteiger partial charge in [0.2, 0.25) is 5.91 Å². The largest absolute Gasteiger partial charge is 0.480 e. The van der Waals surface area contributed by atoms with Crippen LogP contribution in [0.25, 0.3) is 0 Å². The molecule has 0 saturated heterocycles. The van der Waals surface area contributed by atoms with Gasteiger partial charge in [0.25, 0.3) is 0 Å². The summed E-state index contributed by atoms with van der Waals surface area (Å²) in [6, 6.07) is 8.84. The molecule has 2 atom stereocenters. The van der Waals surface area contributed by atoms with Crippen LogP contribution in [-0.4, -0.2) is 22.2 Å². The number of carbonyl (C=O) groups is 2. The number of rotatable bonds is 6. The first kappa shape index (κ1) is 13.6. The highest BCUT2D eigenvalue weighted by molar-refractivity contribution is 8.01. The minimum Gasteiger partial charge on any atom is -0.480 e. The normalized spacial score (nSPS) is 13.9. The maximum atomic E-state index is 11.2. The smallest absolute Gasteiger partial charge is 0.321 e. The minimum absolute atomic E-state index is 0.473. The topological polar surface area (TPSA) is 80.4 Å². The highest BCUT2D eigenvalue weighted by Crippen LogP contribution is 2.33. The third kappa shape index (κ3) is 3.78. The van der Waals surface area contributed by atoms with Crippen molar-refractivity contribution in [1.82, 2.24) is 0 Å². The number of carbonyl (C=O) groups excluding carboxylic acids is 1. The van der Waals surface area contributed by atoms with Crippen LogP contribution in [0.2, 0.25) is 0 Å². The lowest BCUT2D eigenvalue weighted by Gasteiger charge is -2.17. The van der Waals surface area contributed by atoms with Crippen molar-refractivity contribution in [2.45, 2.75) is 23.8 Å². The van der Waals surface area contributed by atoms with Gasteiger partial charge < -0.3 is 10.8 Å². The van der Waals surface area contributed by atoms with Crippen molar-refractivity contribution < 1.29 is 14.7 Å². The molecular weight excluding hydrogens is 238 g/mol. The van der Waals surface area contributed by atoms with Crippen molar-refractivity contribution in [2.75, 3.05) is 0 Å². The van der Waals surface area contributed by atoms with Gasteiger partial charge in [-0.1, -0.05) is 37.3 Å². The summed E-state index contributed by atoms with van der Waals surface area (Å²) in [5.41, 5.74) is 5.89. The minimum atomic E-state index is -0.957. The number of carboxylic acids is 1. The maximum absolute atomic E-state index is 11.2. The Hall–Kier alpha value is -1.49. The van der Waals surface area contributed by atoms with E-state index in [9.17, 15) is 14.7 Å². The van der Waals surface area contributed by atoms with Crippen molar-refractivity contribution in [3.8, 4) is 0 Å². The average Bonchev–Trinajstić information content (AvgIpc) is 2.30. The fraction of sp³-hybridized carbons (Fsp3) is 0.333. The number of hydrogen-bond donors (Lipinski definition) is 2. The lowest BCUT2D eigenvalue weighted by Crippen LogP contribution is -2.27. The van der Waals surface area contributed by atoms with E-state index in [2.05, 4.69) is 0 Å². The molecule has 0 bridgehead atoms. The van der Waals surface area contributed by atoms with E-state index in [1.165, 1.54) is 0 Å². The molecule has 0 spiro atoms. The van der Waals surface area contributed by atoms with Crippen molar-refractivity contribution in [2.24, 2.45) is 5.73 Å². The summed E-state index contributed by atoms with van der Waals surface area (Å²) in [6.45, 7) is 1.81. The number of benzene rings is 1. The summed E-state index contributed by atoms with van der Waals surface area (Å²) in [4.78, 5) is 22.3. The molecule has 0 aliphatic rings. The van der Waals surface area contributed by atoms with Crippen LogP contribution >= 0.6 is 11.8 Å². The molecular formula is C12H15NO3S. The van der Waals surface area contributed by atoms with Crippen LogP contribution < -0.4 is 5.73 Å². The van der Waals surface area contributed by atoms with Gasteiger partial charge in [0.1, 0.15) is 5.25 Å². The zero-order valence-corrected chi connectivity index (χ0v) is 10.3. The second-order valence-electron chi connectivity index (χ2n) is 3.56. The van der Waals surface area contributed by atoms with E-state index in [1.807, 2.05) is 13.0 Å². The van der Waals surface area contributed by atoms with Gasteiger partial charge in [-0.05, 0) is 12.0 Å². The summed E-state index contributed by atoms with van der Waals surface area (Å²) in [5.74, 6) is -1.43. The Balaban J connectivity index is 2.88. The third-order valence-electron chi connectivity index (χ3n) is 2.32. The molecule has 4 nitrogen and oxygen atoms in total. The summed E-state index contributed by atoms with van der Waals surface area (Å²) in [7, 11) is 0. The van der Waals surface area contributed by atoms with Crippen molar-refractivity contribution in [3.63, 3.8) is 0 Å². The molecule has 17 heavy (non-hydrogen) atoms. The molecule has 0 heterocycles. The van der Waals surface area contributed by atoms with Crippen LogP contribution in [-0.2, 0) is 9.59 Å². The number of hydrogen-bond acceptors (Lipinski definition) is 3. The predicted molar refractivity (Wildman–Crippen MR) is 67.7 cm³/mol. The van der Waals surface area contributed by atoms with Gasteiger partial charge in [-0.15, -0.1) is 11.8 Å². The maximum Gasteiger partial charge on any atom is 0.321 e. The number of nitrogens with two attached hydrogens (primary N) is 1. The monoisotopic (exact) mass is 253 g/mol. The van der Waals surface area contributed by atoms with Crippen LogP contribution in [0.3, 0.4) is 0 Å². The first-order valence-corrected chi connectivity index (χ1v) is 6.23. The molecule has 3 N–H and O–H groups in total. The molecule has 1 aromatic carbocycles. The molecule has 0 aromatic heterocycles. The Morgan fingerprint density at radius 2 is 1.94 bits per heavy atom. The molecule has 0 aliphatic carbocycles. The van der Waals surface area contributed by atoms with E-state index in [-0.39, 0.29) is 0 Å². The van der Waals surface area contributed by atoms with Gasteiger partial charge in [0.05, 0.1) is 5.25 Å². The Morgan fingerprint density at radius 3 is 2.35 bits per heavy atom. The highest BCUT2D eigenvalue weighted by Gasteiger charge is 2.26. The van der Waals surface area contributed by atoms with Crippen LogP contribution in [0.4, 0.5) is 0 Å². The fourth-order valence-corrected chi connectivity index (χ4v) is 2.52. The number of aliphatic carboxylic acids is 1. The Bertz CT molecular complexity index is 394. The van der Waals surface area contributed by atoms with Crippen LogP contribution in [0, 0.1) is 0 Å². The quantitative estimate of drug-likeness (QED) is 0.810. The Morgan fingerprint density at radius 1 is 1.35 bits per heavy atom. The Kier molecular flexibility index (Phi) is 5.03. The second-order valence-corrected chi connectivity index (χ2v) is 4.88. The highest BCUT2D eigenvalue weighted by atomic mass is 32.2. The lowest BCUT2D eigenvalue weighted by atomic mass is 10.1. The van der Waals surface area contributed by atoms with E-state index < -0.39 is 22.4 Å². The van der Waals surface area contributed by atoms with E-state index in [0.29, 0.717) is 12.0 Å². The number of primary amides is 1. The van der Waals surface area contributed by atoms with Crippen LogP contribution in [0.1, 0.15) is 24.2 Å². The molecule has 0 aliphatic heterocycles. The van der Waals surface area contributed by atoms with Gasteiger partial charge in [-0.25, -0.2) is 0 Å². The van der Waals surface area contributed by atoms with Crippen molar-refractivity contribution in [1.29, 1.82) is 0 Å². The molecule has 0 unspecified atom stereocenters. The summed E-state index contributed by atoms with van der Waals surface area (Å²) >= 11 is 1.09. The average molecular weight is 253 g/mol. The summed E-state index contributed by atoms with van der Waals surface area (Å²) < 4.78 is 0. The van der Waals surface area contributed by atoms with Crippen molar-refractivity contribution >= 4 is 23.6 Å². The molecule has 1 aromatic rings. The number of thioether (sulfide) groups is 1. The SMILES string of the molecule is CC[C@@H](S[C@@H](C(=O)O)c1ccccc1)C(N)=O. The fourth-order valence-electron chi connectivity index (χ4n) is 1.44. The van der Waals surface area contributed by atoms with Gasteiger partial charge in [0, 0.05) is 0 Å². The molecule has 1 rings (SSSR count). The van der Waals surface area contributed by atoms with E-state index in [0.717, 1.165) is 11.8 Å². The van der Waals surface area contributed by atoms with Crippen molar-refractivity contribution in [3.05, 3.63) is 35.9 Å². The zero-order valence-electron chi connectivity index (χ0n) is 9.50. The first-order chi connectivity index (χ1) is 8.06. The van der Waals surface area contributed by atoms with Gasteiger partial charge in [0.15, 0.2) is 0 Å². The van der Waals surface area contributed by atoms with E-state index in [1.54, 1.807) is 24.3 Å². The van der Waals surface area contributed by atoms with Crippen LogP contribution in [0.5, 0.6) is 0 Å². The predicted octanol–water partition coefficient (Wildman–Crippen LogP) is 1.81. The molecule has 0 fully saturated rings. The Labute approximate surface area is 104 Å². The summed E-state index contributed by atoms with van der Waals surface area (Å²) in [6.07, 6.45) is 0.524. The van der Waals surface area contributed by atoms with Gasteiger partial charge in [-0.3, -0.25) is 9.59 Å². The van der Waals surface area contributed by atoms with Gasteiger partial charge in [-0.2, -0.15) is 0 Å². The molecule has 0 radical (unpaired) electrons. The van der Waals surface area contributed by atoms with E-state index >= 15 is 0 Å². The standard InChI is InChI=1S/C12H15NO3S/c1-2-9(11(13)14)17-10(12(15)16)8-6-4-3-5-7-8/h3-7,9-10H,2H2,1H3,(H2,13,14)(H,15,16)/t9-,10-/m1/s1. The number of amides is 1. The lowest BCUT2D eigenvalue weighted by molar-refractivity contribution is -0.136. The number of carboxylic acid groups (broad SMARTS) is 1. The summed E-state index contributed by atoms with van der Waals surface area (Å²) in [5, 5.41) is 7.95. The third-order valence-corrected chi connectivity index (χ3v) is 3.96. The van der Waals surface area contributed by atoms with Crippen LogP contribution in [0.15, 0.2) is 30.3 Å². The first-order valence-electron chi connectivity index (χ1n) is 5.28. The molecule has 92 valence electrons. The molecule has 1 amide bonds. The molecule has 5 heteroatoms. The second kappa shape index (κ2) is 6.30. The van der Waals surface area contributed by atoms with Gasteiger partial charge >= 0.3 is 5.97 Å². The van der Waals surface area contributed by atoms with E-state index in [4.69, 9.17) is 5.73 Å². The molecule has 0 saturated carbocycles. The zero-order chi connectivity index (χ0) is 12.8.